The first-order valence-electron chi connectivity index (χ1n) is 11.3. The summed E-state index contributed by atoms with van der Waals surface area (Å²) in [6, 6.07) is 7.55. The summed E-state index contributed by atoms with van der Waals surface area (Å²) in [6.45, 7) is 5.91. The number of Topliss-reactive ketones (excluding diaryl/α,β-unsaturated/α-hetero) is 1. The number of carbonyl (C=O) groups excluding carboxylic acids is 2. The number of methoxy groups -OCH3 is 2. The van der Waals surface area contributed by atoms with Crippen LogP contribution in [0.2, 0.25) is 0 Å². The molecule has 0 spiro atoms. The highest BCUT2D eigenvalue weighted by Crippen LogP contribution is 2.43. The summed E-state index contributed by atoms with van der Waals surface area (Å²) in [6.07, 6.45) is 0.670. The molecule has 0 unspecified atom stereocenters. The van der Waals surface area contributed by atoms with Gasteiger partial charge in [0.1, 0.15) is 17.3 Å². The van der Waals surface area contributed by atoms with Crippen LogP contribution in [0.3, 0.4) is 0 Å². The van der Waals surface area contributed by atoms with Gasteiger partial charge in [-0.15, -0.1) is 0 Å². The molecule has 1 saturated heterocycles. The third-order valence-corrected chi connectivity index (χ3v) is 6.22. The van der Waals surface area contributed by atoms with E-state index in [2.05, 4.69) is 4.90 Å². The van der Waals surface area contributed by atoms with Gasteiger partial charge >= 0.3 is 0 Å². The van der Waals surface area contributed by atoms with Crippen LogP contribution in [-0.4, -0.2) is 80.2 Å². The van der Waals surface area contributed by atoms with Crippen LogP contribution in [0.1, 0.15) is 34.3 Å². The average molecular weight is 471 g/mol. The van der Waals surface area contributed by atoms with Crippen molar-refractivity contribution in [3.05, 3.63) is 58.7 Å². The number of furan rings is 1. The number of rotatable bonds is 9. The summed E-state index contributed by atoms with van der Waals surface area (Å²) >= 11 is 0. The third-order valence-electron chi connectivity index (χ3n) is 6.22. The topological polar surface area (TPSA) is 102 Å². The highest BCUT2D eigenvalue weighted by Gasteiger charge is 2.45. The van der Waals surface area contributed by atoms with Crippen LogP contribution >= 0.6 is 0 Å². The van der Waals surface area contributed by atoms with E-state index in [4.69, 9.17) is 18.6 Å². The van der Waals surface area contributed by atoms with E-state index in [0.717, 1.165) is 19.6 Å². The summed E-state index contributed by atoms with van der Waals surface area (Å²) < 4.78 is 21.9. The molecule has 2 aliphatic heterocycles. The van der Waals surface area contributed by atoms with Crippen molar-refractivity contribution in [1.82, 2.24) is 9.80 Å². The third kappa shape index (κ3) is 4.67. The molecule has 9 heteroatoms. The molecule has 1 atom stereocenters. The van der Waals surface area contributed by atoms with Crippen molar-refractivity contribution in [2.24, 2.45) is 0 Å². The molecule has 1 amide bonds. The Bertz CT molecular complexity index is 1080. The van der Waals surface area contributed by atoms with Crippen molar-refractivity contribution < 1.29 is 33.3 Å². The van der Waals surface area contributed by atoms with Gasteiger partial charge in [-0.1, -0.05) is 0 Å². The molecule has 4 rings (SSSR count). The Kier molecular flexibility index (Phi) is 7.23. The molecule has 1 aromatic carbocycles. The Morgan fingerprint density at radius 2 is 1.88 bits per heavy atom. The standard InChI is InChI=1S/C25H30N2O7/c1-16-5-7-20(34-16)23(28)21-22(18-15-17(31-2)6-8-19(18)32-3)27(25(30)24(21)29)10-4-9-26-11-13-33-14-12-26/h5-8,15,22,29H,4,9-14H2,1-3H3/t22-/m1/s1. The minimum Gasteiger partial charge on any atom is -0.503 e. The monoisotopic (exact) mass is 470 g/mol. The fourth-order valence-electron chi connectivity index (χ4n) is 4.47. The number of hydrogen-bond donors (Lipinski definition) is 1. The van der Waals surface area contributed by atoms with Gasteiger partial charge in [0.2, 0.25) is 5.78 Å². The molecule has 2 aliphatic rings. The van der Waals surface area contributed by atoms with Crippen molar-refractivity contribution in [3.63, 3.8) is 0 Å². The number of nitrogens with zero attached hydrogens (tertiary/aromatic N) is 2. The molecular weight excluding hydrogens is 440 g/mol. The van der Waals surface area contributed by atoms with Gasteiger partial charge < -0.3 is 28.6 Å². The lowest BCUT2D eigenvalue weighted by atomic mass is 9.94. The molecular formula is C25H30N2O7. The second-order valence-corrected chi connectivity index (χ2v) is 8.32. The number of amides is 1. The van der Waals surface area contributed by atoms with Gasteiger partial charge in [-0.05, 0) is 43.7 Å². The number of hydrogen-bond acceptors (Lipinski definition) is 8. The van der Waals surface area contributed by atoms with E-state index < -0.39 is 23.5 Å². The molecule has 0 bridgehead atoms. The zero-order chi connectivity index (χ0) is 24.2. The zero-order valence-corrected chi connectivity index (χ0v) is 19.7. The first-order valence-corrected chi connectivity index (χ1v) is 11.3. The maximum Gasteiger partial charge on any atom is 0.290 e. The summed E-state index contributed by atoms with van der Waals surface area (Å²) in [5, 5.41) is 10.9. The SMILES string of the molecule is COc1ccc(OC)c([C@@H]2C(C(=O)c3ccc(C)o3)=C(O)C(=O)N2CCCN2CCOCC2)c1. The van der Waals surface area contributed by atoms with Crippen molar-refractivity contribution >= 4 is 11.7 Å². The van der Waals surface area contributed by atoms with Crippen LogP contribution in [-0.2, 0) is 9.53 Å². The van der Waals surface area contributed by atoms with Crippen molar-refractivity contribution in [1.29, 1.82) is 0 Å². The maximum atomic E-state index is 13.4. The van der Waals surface area contributed by atoms with Crippen LogP contribution in [0.15, 0.2) is 46.1 Å². The highest BCUT2D eigenvalue weighted by atomic mass is 16.5. The van der Waals surface area contributed by atoms with Crippen molar-refractivity contribution in [3.8, 4) is 11.5 Å². The number of carbonyl (C=O) groups is 2. The highest BCUT2D eigenvalue weighted by molar-refractivity contribution is 6.15. The van der Waals surface area contributed by atoms with E-state index in [1.807, 2.05) is 0 Å². The number of aliphatic hydroxyl groups excluding tert-OH is 1. The average Bonchev–Trinajstić information content (AvgIpc) is 3.40. The number of ether oxygens (including phenoxy) is 3. The molecule has 182 valence electrons. The molecule has 3 heterocycles. The Hall–Kier alpha value is -3.30. The van der Waals surface area contributed by atoms with Gasteiger partial charge in [-0.2, -0.15) is 0 Å². The number of aryl methyl sites for hydroxylation is 1. The normalized spacial score (nSPS) is 19.1. The van der Waals surface area contributed by atoms with Crippen molar-refractivity contribution in [2.45, 2.75) is 19.4 Å². The number of ketones is 1. The van der Waals surface area contributed by atoms with Crippen LogP contribution < -0.4 is 9.47 Å². The Morgan fingerprint density at radius 3 is 2.53 bits per heavy atom. The zero-order valence-electron chi connectivity index (χ0n) is 19.7. The first kappa shape index (κ1) is 23.8. The Morgan fingerprint density at radius 1 is 1.12 bits per heavy atom. The van der Waals surface area contributed by atoms with Gasteiger partial charge in [0, 0.05) is 31.7 Å². The summed E-state index contributed by atoms with van der Waals surface area (Å²) in [5.41, 5.74) is 0.523. The minimum atomic E-state index is -0.847. The van der Waals surface area contributed by atoms with E-state index in [0.29, 0.717) is 49.0 Å². The summed E-state index contributed by atoms with van der Waals surface area (Å²) in [5.74, 6) is -0.0521. The number of aliphatic hydroxyl groups is 1. The number of morpholine rings is 1. The van der Waals surface area contributed by atoms with Crippen LogP contribution in [0.4, 0.5) is 0 Å². The second-order valence-electron chi connectivity index (χ2n) is 8.32. The summed E-state index contributed by atoms with van der Waals surface area (Å²) in [4.78, 5) is 30.4. The predicted molar refractivity (Wildman–Crippen MR) is 123 cm³/mol. The van der Waals surface area contributed by atoms with Gasteiger partial charge in [-0.3, -0.25) is 14.5 Å². The molecule has 1 N–H and O–H groups in total. The largest absolute Gasteiger partial charge is 0.503 e. The van der Waals surface area contributed by atoms with E-state index in [1.54, 1.807) is 37.3 Å². The molecule has 1 fully saturated rings. The number of benzene rings is 1. The maximum absolute atomic E-state index is 13.4. The molecule has 1 aromatic heterocycles. The quantitative estimate of drug-likeness (QED) is 0.559. The molecule has 0 radical (unpaired) electrons. The Labute approximate surface area is 198 Å². The molecule has 2 aromatic rings. The smallest absolute Gasteiger partial charge is 0.290 e. The van der Waals surface area contributed by atoms with Crippen LogP contribution in [0, 0.1) is 6.92 Å². The first-order chi connectivity index (χ1) is 16.4. The van der Waals surface area contributed by atoms with Gasteiger partial charge in [0.15, 0.2) is 11.5 Å². The molecule has 0 aliphatic carbocycles. The predicted octanol–water partition coefficient (Wildman–Crippen LogP) is 2.91. The second kappa shape index (κ2) is 10.3. The van der Waals surface area contributed by atoms with Gasteiger partial charge in [0.25, 0.3) is 5.91 Å². The fraction of sp³-hybridized carbons (Fsp3) is 0.440. The van der Waals surface area contributed by atoms with Crippen LogP contribution in [0.5, 0.6) is 11.5 Å². The van der Waals surface area contributed by atoms with Crippen molar-refractivity contribution in [2.75, 3.05) is 53.6 Å². The van der Waals surface area contributed by atoms with Gasteiger partial charge in [-0.25, -0.2) is 0 Å². The van der Waals surface area contributed by atoms with E-state index in [-0.39, 0.29) is 11.3 Å². The summed E-state index contributed by atoms with van der Waals surface area (Å²) in [7, 11) is 3.06. The lowest BCUT2D eigenvalue weighted by Gasteiger charge is -2.30. The van der Waals surface area contributed by atoms with E-state index in [9.17, 15) is 14.7 Å². The van der Waals surface area contributed by atoms with E-state index >= 15 is 0 Å². The van der Waals surface area contributed by atoms with E-state index in [1.165, 1.54) is 19.1 Å². The van der Waals surface area contributed by atoms with Gasteiger partial charge in [0.05, 0.1) is 39.0 Å². The fourth-order valence-corrected chi connectivity index (χ4v) is 4.47. The Balaban J connectivity index is 1.69. The molecule has 34 heavy (non-hydrogen) atoms. The van der Waals surface area contributed by atoms with Crippen LogP contribution in [0.25, 0.3) is 0 Å². The lowest BCUT2D eigenvalue weighted by molar-refractivity contribution is -0.129. The minimum absolute atomic E-state index is 0.0303. The molecule has 9 nitrogen and oxygen atoms in total. The lowest BCUT2D eigenvalue weighted by Crippen LogP contribution is -2.39. The molecule has 0 saturated carbocycles.